The molecule has 0 spiro atoms. The summed E-state index contributed by atoms with van der Waals surface area (Å²) in [5.41, 5.74) is 5.00. The SMILES string of the molecule is COc1c(C(F)(F)CN)c(C)nn1C. The number of hydrogen-bond acceptors (Lipinski definition) is 3. The minimum absolute atomic E-state index is 0.0537. The van der Waals surface area contributed by atoms with Crippen molar-refractivity contribution in [1.29, 1.82) is 0 Å². The smallest absolute Gasteiger partial charge is 0.292 e. The monoisotopic (exact) mass is 205 g/mol. The molecule has 80 valence electrons. The quantitative estimate of drug-likeness (QED) is 0.793. The van der Waals surface area contributed by atoms with Crippen molar-refractivity contribution in [2.75, 3.05) is 13.7 Å². The minimum atomic E-state index is -3.09. The van der Waals surface area contributed by atoms with Gasteiger partial charge in [0.05, 0.1) is 19.3 Å². The van der Waals surface area contributed by atoms with Crippen molar-refractivity contribution in [1.82, 2.24) is 9.78 Å². The third-order valence-corrected chi connectivity index (χ3v) is 1.99. The van der Waals surface area contributed by atoms with Gasteiger partial charge in [0.1, 0.15) is 5.56 Å². The molecule has 0 atom stereocenters. The van der Waals surface area contributed by atoms with Gasteiger partial charge in [-0.25, -0.2) is 4.68 Å². The molecule has 4 nitrogen and oxygen atoms in total. The third kappa shape index (κ3) is 1.57. The first-order chi connectivity index (χ1) is 6.44. The Morgan fingerprint density at radius 2 is 2.14 bits per heavy atom. The Morgan fingerprint density at radius 3 is 2.57 bits per heavy atom. The average Bonchev–Trinajstić information content (AvgIpc) is 2.40. The zero-order chi connectivity index (χ0) is 10.9. The number of hydrogen-bond donors (Lipinski definition) is 1. The Kier molecular flexibility index (Phi) is 2.75. The number of ether oxygens (including phenoxy) is 1. The molecular formula is C8H13F2N3O. The van der Waals surface area contributed by atoms with Crippen LogP contribution in [0.1, 0.15) is 11.3 Å². The molecule has 0 aromatic carbocycles. The van der Waals surface area contributed by atoms with E-state index >= 15 is 0 Å². The standard InChI is InChI=1S/C8H13F2N3O/c1-5-6(8(9,10)4-11)7(14-3)13(2)12-5/h4,11H2,1-3H3. The van der Waals surface area contributed by atoms with Crippen LogP contribution in [0.25, 0.3) is 0 Å². The largest absolute Gasteiger partial charge is 0.481 e. The molecule has 0 aliphatic carbocycles. The summed E-state index contributed by atoms with van der Waals surface area (Å²) in [6.07, 6.45) is 0. The number of rotatable bonds is 3. The molecule has 14 heavy (non-hydrogen) atoms. The first-order valence-electron chi connectivity index (χ1n) is 4.10. The third-order valence-electron chi connectivity index (χ3n) is 1.99. The Bertz CT molecular complexity index is 336. The summed E-state index contributed by atoms with van der Waals surface area (Å²) in [5, 5.41) is 3.85. The lowest BCUT2D eigenvalue weighted by molar-refractivity contribution is 0.00286. The zero-order valence-corrected chi connectivity index (χ0v) is 8.34. The second-order valence-electron chi connectivity index (χ2n) is 3.00. The number of methoxy groups -OCH3 is 1. The number of alkyl halides is 2. The normalized spacial score (nSPS) is 11.9. The molecule has 2 N–H and O–H groups in total. The molecule has 0 amide bonds. The Hall–Kier alpha value is -1.17. The van der Waals surface area contributed by atoms with E-state index in [0.717, 1.165) is 0 Å². The molecule has 0 saturated heterocycles. The van der Waals surface area contributed by atoms with Crippen LogP contribution in [0.2, 0.25) is 0 Å². The van der Waals surface area contributed by atoms with Gasteiger partial charge in [0.15, 0.2) is 0 Å². The van der Waals surface area contributed by atoms with Crippen LogP contribution in [-0.4, -0.2) is 23.4 Å². The van der Waals surface area contributed by atoms with E-state index < -0.39 is 12.5 Å². The number of nitrogens with zero attached hydrogens (tertiary/aromatic N) is 2. The highest BCUT2D eigenvalue weighted by Gasteiger charge is 2.37. The molecule has 0 radical (unpaired) electrons. The first kappa shape index (κ1) is 10.9. The van der Waals surface area contributed by atoms with Crippen molar-refractivity contribution in [2.24, 2.45) is 12.8 Å². The summed E-state index contributed by atoms with van der Waals surface area (Å²) in [4.78, 5) is 0. The van der Waals surface area contributed by atoms with Gasteiger partial charge in [0.2, 0.25) is 5.88 Å². The molecule has 0 unspecified atom stereocenters. The van der Waals surface area contributed by atoms with E-state index in [1.54, 1.807) is 7.05 Å². The molecule has 0 aliphatic rings. The topological polar surface area (TPSA) is 53.1 Å². The van der Waals surface area contributed by atoms with Gasteiger partial charge in [-0.05, 0) is 6.92 Å². The van der Waals surface area contributed by atoms with Gasteiger partial charge < -0.3 is 10.5 Å². The van der Waals surface area contributed by atoms with Gasteiger partial charge >= 0.3 is 0 Å². The highest BCUT2D eigenvalue weighted by Crippen LogP contribution is 2.35. The van der Waals surface area contributed by atoms with Gasteiger partial charge in [-0.15, -0.1) is 0 Å². The van der Waals surface area contributed by atoms with Crippen molar-refractivity contribution >= 4 is 0 Å². The van der Waals surface area contributed by atoms with E-state index in [1.807, 2.05) is 0 Å². The fourth-order valence-electron chi connectivity index (χ4n) is 1.39. The number of aromatic nitrogens is 2. The van der Waals surface area contributed by atoms with Crippen molar-refractivity contribution in [3.8, 4) is 5.88 Å². The van der Waals surface area contributed by atoms with E-state index in [-0.39, 0.29) is 17.1 Å². The average molecular weight is 205 g/mol. The summed E-state index contributed by atoms with van der Waals surface area (Å²) < 4.78 is 32.8. The molecular weight excluding hydrogens is 192 g/mol. The fraction of sp³-hybridized carbons (Fsp3) is 0.625. The van der Waals surface area contributed by atoms with E-state index in [0.29, 0.717) is 0 Å². The number of aryl methyl sites for hydroxylation is 2. The van der Waals surface area contributed by atoms with E-state index in [2.05, 4.69) is 5.10 Å². The molecule has 1 rings (SSSR count). The maximum Gasteiger partial charge on any atom is 0.292 e. The van der Waals surface area contributed by atoms with Gasteiger partial charge in [0, 0.05) is 7.05 Å². The molecule has 0 bridgehead atoms. The van der Waals surface area contributed by atoms with Crippen molar-refractivity contribution in [3.05, 3.63) is 11.3 Å². The highest BCUT2D eigenvalue weighted by molar-refractivity contribution is 5.35. The lowest BCUT2D eigenvalue weighted by Gasteiger charge is -2.14. The van der Waals surface area contributed by atoms with Crippen molar-refractivity contribution in [2.45, 2.75) is 12.8 Å². The van der Waals surface area contributed by atoms with Gasteiger partial charge in [0.25, 0.3) is 5.92 Å². The number of halogens is 2. The van der Waals surface area contributed by atoms with Crippen molar-refractivity contribution < 1.29 is 13.5 Å². The van der Waals surface area contributed by atoms with E-state index in [9.17, 15) is 8.78 Å². The predicted molar refractivity (Wildman–Crippen MR) is 47.4 cm³/mol. The lowest BCUT2D eigenvalue weighted by Crippen LogP contribution is -2.26. The van der Waals surface area contributed by atoms with Crippen LogP contribution in [0, 0.1) is 6.92 Å². The second-order valence-corrected chi connectivity index (χ2v) is 3.00. The molecule has 6 heteroatoms. The molecule has 0 fully saturated rings. The summed E-state index contributed by atoms with van der Waals surface area (Å²) in [6.45, 7) is 0.747. The van der Waals surface area contributed by atoms with Crippen LogP contribution >= 0.6 is 0 Å². The maximum absolute atomic E-state index is 13.3. The second kappa shape index (κ2) is 3.53. The highest BCUT2D eigenvalue weighted by atomic mass is 19.3. The lowest BCUT2D eigenvalue weighted by atomic mass is 10.1. The molecule has 0 saturated carbocycles. The fourth-order valence-corrected chi connectivity index (χ4v) is 1.39. The van der Waals surface area contributed by atoms with E-state index in [1.165, 1.54) is 18.7 Å². The summed E-state index contributed by atoms with van der Waals surface area (Å²) in [7, 11) is 2.87. The predicted octanol–water partition coefficient (Wildman–Crippen LogP) is 0.788. The molecule has 1 aromatic heterocycles. The van der Waals surface area contributed by atoms with Gasteiger partial charge in [-0.3, -0.25) is 0 Å². The van der Waals surface area contributed by atoms with Crippen LogP contribution in [-0.2, 0) is 13.0 Å². The van der Waals surface area contributed by atoms with Gasteiger partial charge in [-0.2, -0.15) is 13.9 Å². The van der Waals surface area contributed by atoms with Crippen LogP contribution in [0.3, 0.4) is 0 Å². The molecule has 0 aliphatic heterocycles. The zero-order valence-electron chi connectivity index (χ0n) is 8.34. The minimum Gasteiger partial charge on any atom is -0.481 e. The Morgan fingerprint density at radius 1 is 1.57 bits per heavy atom. The Labute approximate surface area is 80.6 Å². The van der Waals surface area contributed by atoms with Crippen LogP contribution in [0.5, 0.6) is 5.88 Å². The molecule has 1 heterocycles. The summed E-state index contributed by atoms with van der Waals surface area (Å²) >= 11 is 0. The maximum atomic E-state index is 13.3. The van der Waals surface area contributed by atoms with Crippen molar-refractivity contribution in [3.63, 3.8) is 0 Å². The summed E-state index contributed by atoms with van der Waals surface area (Å²) in [5.74, 6) is -3.04. The first-order valence-corrected chi connectivity index (χ1v) is 4.10. The Balaban J connectivity index is 3.32. The molecule has 1 aromatic rings. The summed E-state index contributed by atoms with van der Waals surface area (Å²) in [6, 6.07) is 0. The number of nitrogens with two attached hydrogens (primary N) is 1. The van der Waals surface area contributed by atoms with Gasteiger partial charge in [-0.1, -0.05) is 0 Å². The van der Waals surface area contributed by atoms with Crippen LogP contribution < -0.4 is 10.5 Å². The van der Waals surface area contributed by atoms with Crippen LogP contribution in [0.15, 0.2) is 0 Å². The van der Waals surface area contributed by atoms with E-state index in [4.69, 9.17) is 10.5 Å². The van der Waals surface area contributed by atoms with Crippen LogP contribution in [0.4, 0.5) is 8.78 Å².